The molecule has 10 heavy (non-hydrogen) atoms. The third-order valence-corrected chi connectivity index (χ3v) is 3.42. The summed E-state index contributed by atoms with van der Waals surface area (Å²) >= 11 is 0. The summed E-state index contributed by atoms with van der Waals surface area (Å²) in [4.78, 5) is 0. The van der Waals surface area contributed by atoms with Crippen LogP contribution in [0.25, 0.3) is 0 Å². The van der Waals surface area contributed by atoms with E-state index in [4.69, 9.17) is 0 Å². The van der Waals surface area contributed by atoms with Gasteiger partial charge in [-0.2, -0.15) is 0 Å². The molecule has 0 aliphatic heterocycles. The summed E-state index contributed by atoms with van der Waals surface area (Å²) in [5, 5.41) is 2.11. The molecule has 54 valence electrons. The summed E-state index contributed by atoms with van der Waals surface area (Å²) in [6.45, 7) is 17.1. The maximum Gasteiger partial charge on any atom is -0.0276 e. The van der Waals surface area contributed by atoms with Crippen molar-refractivity contribution >= 4 is 7.92 Å². The average molecular weight is 152 g/mol. The Morgan fingerprint density at radius 2 is 1.40 bits per heavy atom. The molecule has 0 aromatic heterocycles. The predicted octanol–water partition coefficient (Wildman–Crippen LogP) is 3.50. The van der Waals surface area contributed by atoms with Gasteiger partial charge in [0.1, 0.15) is 0 Å². The molecule has 0 heterocycles. The zero-order valence-corrected chi connectivity index (χ0v) is 7.32. The SMILES string of the molecule is C=CC(=C)P(C)C(=C)C=C. The molecule has 0 spiro atoms. The van der Waals surface area contributed by atoms with Crippen molar-refractivity contribution in [1.82, 2.24) is 0 Å². The first-order valence-electron chi connectivity index (χ1n) is 3.00. The lowest BCUT2D eigenvalue weighted by Crippen LogP contribution is -1.74. The van der Waals surface area contributed by atoms with E-state index >= 15 is 0 Å². The molecule has 0 bridgehead atoms. The number of hydrogen-bond donors (Lipinski definition) is 0. The summed E-state index contributed by atoms with van der Waals surface area (Å²) in [5.74, 6) is 0. The van der Waals surface area contributed by atoms with E-state index in [2.05, 4.69) is 33.0 Å². The van der Waals surface area contributed by atoms with Crippen molar-refractivity contribution < 1.29 is 0 Å². The maximum absolute atomic E-state index is 3.84. The van der Waals surface area contributed by atoms with Crippen molar-refractivity contribution in [3.8, 4) is 0 Å². The van der Waals surface area contributed by atoms with Gasteiger partial charge in [-0.3, -0.25) is 0 Å². The van der Waals surface area contributed by atoms with Crippen LogP contribution in [0.4, 0.5) is 0 Å². The highest BCUT2D eigenvalue weighted by Crippen LogP contribution is 2.47. The summed E-state index contributed by atoms with van der Waals surface area (Å²) in [6.07, 6.45) is 3.56. The van der Waals surface area contributed by atoms with Crippen LogP contribution in [0, 0.1) is 0 Å². The van der Waals surface area contributed by atoms with Gasteiger partial charge in [-0.15, -0.1) is 0 Å². The molecule has 0 saturated carbocycles. The predicted molar refractivity (Wildman–Crippen MR) is 51.5 cm³/mol. The van der Waals surface area contributed by atoms with Crippen molar-refractivity contribution in [1.29, 1.82) is 0 Å². The molecule has 0 aromatic carbocycles. The van der Waals surface area contributed by atoms with Gasteiger partial charge < -0.3 is 0 Å². The first-order valence-corrected chi connectivity index (χ1v) is 4.78. The van der Waals surface area contributed by atoms with Crippen molar-refractivity contribution in [3.05, 3.63) is 49.1 Å². The smallest absolute Gasteiger partial charge is 0.0276 e. The quantitative estimate of drug-likeness (QED) is 0.427. The second kappa shape index (κ2) is 4.24. The van der Waals surface area contributed by atoms with Crippen LogP contribution in [0.2, 0.25) is 0 Å². The Bertz CT molecular complexity index is 157. The summed E-state index contributed by atoms with van der Waals surface area (Å²) in [5.41, 5.74) is 0. The highest BCUT2D eigenvalue weighted by atomic mass is 31.1. The Hall–Kier alpha value is -0.610. The van der Waals surface area contributed by atoms with Crippen molar-refractivity contribution in [2.75, 3.05) is 6.66 Å². The Morgan fingerprint density at radius 1 is 1.10 bits per heavy atom. The van der Waals surface area contributed by atoms with Gasteiger partial charge in [0, 0.05) is 0 Å². The molecular weight excluding hydrogens is 139 g/mol. The molecule has 0 N–H and O–H groups in total. The molecule has 0 fully saturated rings. The third kappa shape index (κ3) is 2.33. The lowest BCUT2D eigenvalue weighted by atomic mass is 10.6. The summed E-state index contributed by atoms with van der Waals surface area (Å²) < 4.78 is 0. The van der Waals surface area contributed by atoms with Crippen LogP contribution in [-0.2, 0) is 0 Å². The monoisotopic (exact) mass is 152 g/mol. The number of allylic oxidation sites excluding steroid dienone is 4. The zero-order chi connectivity index (χ0) is 8.15. The van der Waals surface area contributed by atoms with Gasteiger partial charge in [0.05, 0.1) is 0 Å². The highest BCUT2D eigenvalue weighted by Gasteiger charge is 2.02. The largest absolute Gasteiger partial charge is 0.0984 e. The molecule has 0 nitrogen and oxygen atoms in total. The molecule has 0 rings (SSSR count). The van der Waals surface area contributed by atoms with Gasteiger partial charge in [0.15, 0.2) is 0 Å². The van der Waals surface area contributed by atoms with Gasteiger partial charge in [0.2, 0.25) is 0 Å². The normalized spacial score (nSPS) is 9.00. The van der Waals surface area contributed by atoms with Crippen LogP contribution in [0.15, 0.2) is 49.1 Å². The first kappa shape index (κ1) is 9.39. The molecule has 1 heteroatoms. The lowest BCUT2D eigenvalue weighted by molar-refractivity contribution is 1.91. The van der Waals surface area contributed by atoms with Crippen LogP contribution < -0.4 is 0 Å². The van der Waals surface area contributed by atoms with Gasteiger partial charge in [-0.25, -0.2) is 0 Å². The van der Waals surface area contributed by atoms with Crippen LogP contribution >= 0.6 is 7.92 Å². The van der Waals surface area contributed by atoms with Crippen LogP contribution in [-0.4, -0.2) is 6.66 Å². The van der Waals surface area contributed by atoms with E-state index in [9.17, 15) is 0 Å². The number of hydrogen-bond acceptors (Lipinski definition) is 0. The Labute approximate surface area is 64.4 Å². The minimum atomic E-state index is -0.328. The summed E-state index contributed by atoms with van der Waals surface area (Å²) in [6, 6.07) is 0. The molecular formula is C9H13P. The van der Waals surface area contributed by atoms with Gasteiger partial charge >= 0.3 is 0 Å². The molecule has 0 saturated heterocycles. The second-order valence-corrected chi connectivity index (χ2v) is 4.22. The molecule has 0 atom stereocenters. The molecule has 0 radical (unpaired) electrons. The fraction of sp³-hybridized carbons (Fsp3) is 0.111. The van der Waals surface area contributed by atoms with E-state index in [-0.39, 0.29) is 7.92 Å². The Kier molecular flexibility index (Phi) is 3.99. The molecule has 0 aromatic rings. The topological polar surface area (TPSA) is 0 Å². The molecule has 0 aliphatic carbocycles. The summed E-state index contributed by atoms with van der Waals surface area (Å²) in [7, 11) is -0.328. The molecule has 0 amide bonds. The maximum atomic E-state index is 3.84. The van der Waals surface area contributed by atoms with E-state index in [0.717, 1.165) is 10.6 Å². The average Bonchev–Trinajstić information content (AvgIpc) is 2.00. The van der Waals surface area contributed by atoms with Crippen LogP contribution in [0.3, 0.4) is 0 Å². The van der Waals surface area contributed by atoms with Crippen molar-refractivity contribution in [2.45, 2.75) is 0 Å². The van der Waals surface area contributed by atoms with Crippen molar-refractivity contribution in [3.63, 3.8) is 0 Å². The first-order chi connectivity index (χ1) is 4.63. The second-order valence-electron chi connectivity index (χ2n) is 1.95. The Balaban J connectivity index is 4.20. The zero-order valence-electron chi connectivity index (χ0n) is 6.43. The minimum Gasteiger partial charge on any atom is -0.0984 e. The third-order valence-electron chi connectivity index (χ3n) is 1.33. The number of rotatable bonds is 4. The lowest BCUT2D eigenvalue weighted by Gasteiger charge is -2.10. The standard InChI is InChI=1S/C9H13P/c1-6-8(3)10(5)9(4)7-2/h6-7H,1-4H2,5H3. The Morgan fingerprint density at radius 3 is 1.60 bits per heavy atom. The van der Waals surface area contributed by atoms with E-state index < -0.39 is 0 Å². The van der Waals surface area contributed by atoms with E-state index in [1.807, 2.05) is 0 Å². The van der Waals surface area contributed by atoms with Gasteiger partial charge in [-0.05, 0) is 25.2 Å². The van der Waals surface area contributed by atoms with Gasteiger partial charge in [0.25, 0.3) is 0 Å². The fourth-order valence-electron chi connectivity index (χ4n) is 0.458. The van der Waals surface area contributed by atoms with Gasteiger partial charge in [-0.1, -0.05) is 38.5 Å². The molecule has 0 unspecified atom stereocenters. The fourth-order valence-corrected chi connectivity index (χ4v) is 1.37. The van der Waals surface area contributed by atoms with Crippen molar-refractivity contribution in [2.24, 2.45) is 0 Å². The van der Waals surface area contributed by atoms with E-state index in [0.29, 0.717) is 0 Å². The highest BCUT2D eigenvalue weighted by molar-refractivity contribution is 7.66. The minimum absolute atomic E-state index is 0.328. The van der Waals surface area contributed by atoms with Crippen LogP contribution in [0.1, 0.15) is 0 Å². The van der Waals surface area contributed by atoms with E-state index in [1.54, 1.807) is 12.2 Å². The van der Waals surface area contributed by atoms with E-state index in [1.165, 1.54) is 0 Å². The molecule has 0 aliphatic rings. The van der Waals surface area contributed by atoms with Crippen LogP contribution in [0.5, 0.6) is 0 Å².